The second-order valence-corrected chi connectivity index (χ2v) is 8.83. The maximum absolute atomic E-state index is 13.4. The topological polar surface area (TPSA) is 98.1 Å². The van der Waals surface area contributed by atoms with Crippen LogP contribution in [0.25, 0.3) is 5.82 Å². The molecule has 1 saturated heterocycles. The number of nitrogens with one attached hydrogen (secondary N) is 1. The molecule has 2 aromatic rings. The minimum Gasteiger partial charge on any atom is -0.488 e. The number of hydrogen-bond acceptors (Lipinski definition) is 7. The van der Waals surface area contributed by atoms with Gasteiger partial charge < -0.3 is 15.0 Å². The average Bonchev–Trinajstić information content (AvgIpc) is 3.50. The van der Waals surface area contributed by atoms with E-state index in [2.05, 4.69) is 39.3 Å². The Labute approximate surface area is 181 Å². The molecular formula is C22H27N7O2. The van der Waals surface area contributed by atoms with Crippen molar-refractivity contribution in [3.8, 4) is 5.82 Å². The molecule has 2 fully saturated rings. The lowest BCUT2D eigenvalue weighted by atomic mass is 9.70. The van der Waals surface area contributed by atoms with Crippen LogP contribution >= 0.6 is 0 Å². The highest BCUT2D eigenvalue weighted by Gasteiger charge is 2.52. The molecule has 1 saturated carbocycles. The number of tetrazole rings is 1. The molecule has 0 bridgehead atoms. The van der Waals surface area contributed by atoms with Gasteiger partial charge in [-0.1, -0.05) is 12.6 Å². The number of allylic oxidation sites excluding steroid dienone is 1. The molecule has 9 nitrogen and oxygen atoms in total. The zero-order valence-corrected chi connectivity index (χ0v) is 17.7. The summed E-state index contributed by atoms with van der Waals surface area (Å²) in [7, 11) is 0. The van der Waals surface area contributed by atoms with E-state index in [0.717, 1.165) is 49.9 Å². The Morgan fingerprint density at radius 2 is 2.16 bits per heavy atom. The van der Waals surface area contributed by atoms with Gasteiger partial charge in [-0.25, -0.2) is 4.98 Å². The molecule has 4 heterocycles. The van der Waals surface area contributed by atoms with Gasteiger partial charge in [0.2, 0.25) is 5.91 Å². The Morgan fingerprint density at radius 3 is 2.81 bits per heavy atom. The molecule has 31 heavy (non-hydrogen) atoms. The first-order valence-corrected chi connectivity index (χ1v) is 10.8. The zero-order valence-electron chi connectivity index (χ0n) is 17.7. The van der Waals surface area contributed by atoms with Crippen LogP contribution in [0.5, 0.6) is 0 Å². The van der Waals surface area contributed by atoms with Gasteiger partial charge in [-0.05, 0) is 61.1 Å². The summed E-state index contributed by atoms with van der Waals surface area (Å²) >= 11 is 0. The number of pyridine rings is 1. The molecular weight excluding hydrogens is 394 g/mol. The number of carbonyl (C=O) groups is 1. The second kappa shape index (κ2) is 7.88. The Balaban J connectivity index is 1.16. The van der Waals surface area contributed by atoms with E-state index in [0.29, 0.717) is 24.2 Å². The van der Waals surface area contributed by atoms with Crippen LogP contribution in [0.3, 0.4) is 0 Å². The number of aromatic nitrogens is 5. The third-order valence-electron chi connectivity index (χ3n) is 6.77. The minimum absolute atomic E-state index is 0.211. The molecule has 9 heteroatoms. The minimum atomic E-state index is -0.225. The smallest absolute Gasteiger partial charge is 0.233 e. The van der Waals surface area contributed by atoms with E-state index >= 15 is 0 Å². The summed E-state index contributed by atoms with van der Waals surface area (Å²) in [5.74, 6) is 1.60. The SMILES string of the molecule is C=C1C=C(N2C(=O)C3(CCC(NCc4ccc(-n5cnnn5)nc4)CC3)CC2C)CO1. The lowest BCUT2D eigenvalue weighted by molar-refractivity contribution is -0.136. The van der Waals surface area contributed by atoms with E-state index < -0.39 is 0 Å². The van der Waals surface area contributed by atoms with Crippen LogP contribution in [0, 0.1) is 5.41 Å². The van der Waals surface area contributed by atoms with Crippen molar-refractivity contribution in [1.29, 1.82) is 0 Å². The van der Waals surface area contributed by atoms with Crippen LogP contribution in [0.1, 0.15) is 44.6 Å². The summed E-state index contributed by atoms with van der Waals surface area (Å²) < 4.78 is 6.99. The van der Waals surface area contributed by atoms with Gasteiger partial charge in [0.15, 0.2) is 5.82 Å². The van der Waals surface area contributed by atoms with Gasteiger partial charge in [-0.15, -0.1) is 5.10 Å². The summed E-state index contributed by atoms with van der Waals surface area (Å²) in [5.41, 5.74) is 1.84. The van der Waals surface area contributed by atoms with Crippen molar-refractivity contribution in [1.82, 2.24) is 35.4 Å². The Kier molecular flexibility index (Phi) is 5.05. The third kappa shape index (κ3) is 3.74. The van der Waals surface area contributed by atoms with Crippen molar-refractivity contribution in [3.63, 3.8) is 0 Å². The molecule has 1 atom stereocenters. The van der Waals surface area contributed by atoms with Crippen LogP contribution < -0.4 is 5.32 Å². The standard InChI is InChI=1S/C22H27N7O2/c1-15-10-22(21(30)29(15)19-9-16(2)31-13-19)7-5-18(6-8-22)23-11-17-3-4-20(24-12-17)28-14-25-26-27-28/h3-4,9,12,14-15,18,23H,2,5-8,10-11,13H2,1H3. The first kappa shape index (κ1) is 19.9. The maximum Gasteiger partial charge on any atom is 0.233 e. The number of carbonyl (C=O) groups excluding carboxylic acids is 1. The average molecular weight is 422 g/mol. The van der Waals surface area contributed by atoms with Crippen molar-refractivity contribution in [2.45, 2.75) is 57.7 Å². The lowest BCUT2D eigenvalue weighted by Crippen LogP contribution is -2.42. The van der Waals surface area contributed by atoms with E-state index in [4.69, 9.17) is 4.74 Å². The van der Waals surface area contributed by atoms with E-state index in [1.54, 1.807) is 0 Å². The van der Waals surface area contributed by atoms with Crippen LogP contribution in [-0.2, 0) is 16.1 Å². The summed E-state index contributed by atoms with van der Waals surface area (Å²) in [6.07, 6.45) is 10.1. The van der Waals surface area contributed by atoms with E-state index in [1.165, 1.54) is 11.0 Å². The Morgan fingerprint density at radius 1 is 1.32 bits per heavy atom. The summed E-state index contributed by atoms with van der Waals surface area (Å²) in [6.45, 7) is 7.19. The van der Waals surface area contributed by atoms with Crippen LogP contribution in [0.15, 0.2) is 48.8 Å². The van der Waals surface area contributed by atoms with Crippen molar-refractivity contribution in [3.05, 3.63) is 54.3 Å². The number of rotatable bonds is 5. The number of hydrogen-bond donors (Lipinski definition) is 1. The summed E-state index contributed by atoms with van der Waals surface area (Å²) in [5, 5.41) is 14.7. The van der Waals surface area contributed by atoms with Crippen LogP contribution in [0.4, 0.5) is 0 Å². The molecule has 0 radical (unpaired) electrons. The van der Waals surface area contributed by atoms with E-state index in [1.807, 2.05) is 29.3 Å². The molecule has 0 aromatic carbocycles. The fraction of sp³-hybridized carbons (Fsp3) is 0.500. The molecule has 162 valence electrons. The number of ether oxygens (including phenoxy) is 1. The molecule has 1 aliphatic carbocycles. The lowest BCUT2D eigenvalue weighted by Gasteiger charge is -2.36. The summed E-state index contributed by atoms with van der Waals surface area (Å²) in [4.78, 5) is 19.7. The summed E-state index contributed by atoms with van der Waals surface area (Å²) in [6, 6.07) is 4.57. The molecule has 2 aromatic heterocycles. The highest BCUT2D eigenvalue weighted by molar-refractivity contribution is 5.87. The quantitative estimate of drug-likeness (QED) is 0.790. The van der Waals surface area contributed by atoms with Crippen molar-refractivity contribution in [2.75, 3.05) is 6.61 Å². The van der Waals surface area contributed by atoms with Gasteiger partial charge in [-0.3, -0.25) is 4.79 Å². The van der Waals surface area contributed by atoms with Crippen LogP contribution in [0.2, 0.25) is 0 Å². The first-order chi connectivity index (χ1) is 15.0. The molecule has 1 spiro atoms. The zero-order chi connectivity index (χ0) is 21.4. The molecule has 1 N–H and O–H groups in total. The Hall–Kier alpha value is -3.07. The molecule has 1 unspecified atom stereocenters. The van der Waals surface area contributed by atoms with E-state index in [-0.39, 0.29) is 17.4 Å². The van der Waals surface area contributed by atoms with Crippen molar-refractivity contribution >= 4 is 5.91 Å². The molecule has 2 aliphatic heterocycles. The fourth-order valence-electron chi connectivity index (χ4n) is 5.17. The number of likely N-dealkylation sites (tertiary alicyclic amines) is 1. The highest BCUT2D eigenvalue weighted by atomic mass is 16.5. The van der Waals surface area contributed by atoms with Crippen molar-refractivity contribution < 1.29 is 9.53 Å². The van der Waals surface area contributed by atoms with Gasteiger partial charge in [-0.2, -0.15) is 4.68 Å². The van der Waals surface area contributed by atoms with Crippen LogP contribution in [-0.4, -0.2) is 54.7 Å². The molecule has 5 rings (SSSR count). The number of amides is 1. The largest absolute Gasteiger partial charge is 0.488 e. The van der Waals surface area contributed by atoms with Gasteiger partial charge in [0.1, 0.15) is 18.7 Å². The third-order valence-corrected chi connectivity index (χ3v) is 6.77. The van der Waals surface area contributed by atoms with Gasteiger partial charge in [0.25, 0.3) is 0 Å². The maximum atomic E-state index is 13.4. The predicted molar refractivity (Wildman–Crippen MR) is 113 cm³/mol. The monoisotopic (exact) mass is 421 g/mol. The fourth-order valence-corrected chi connectivity index (χ4v) is 5.17. The van der Waals surface area contributed by atoms with Gasteiger partial charge in [0.05, 0.1) is 11.1 Å². The predicted octanol–water partition coefficient (Wildman–Crippen LogP) is 2.12. The normalized spacial score (nSPS) is 28.3. The number of nitrogens with zero attached hydrogens (tertiary/aromatic N) is 6. The molecule has 1 amide bonds. The van der Waals surface area contributed by atoms with Gasteiger partial charge >= 0.3 is 0 Å². The Bertz CT molecular complexity index is 991. The first-order valence-electron chi connectivity index (χ1n) is 10.8. The molecule has 3 aliphatic rings. The van der Waals surface area contributed by atoms with Crippen molar-refractivity contribution in [2.24, 2.45) is 5.41 Å². The highest BCUT2D eigenvalue weighted by Crippen LogP contribution is 2.48. The second-order valence-electron chi connectivity index (χ2n) is 8.83. The van der Waals surface area contributed by atoms with Gasteiger partial charge in [0, 0.05) is 30.9 Å². The van der Waals surface area contributed by atoms with E-state index in [9.17, 15) is 4.79 Å².